The largest absolute Gasteiger partial charge is 0.473 e. The van der Waals surface area contributed by atoms with Gasteiger partial charge in [-0.25, -0.2) is 9.59 Å². The fourth-order valence-corrected chi connectivity index (χ4v) is 4.47. The quantitative estimate of drug-likeness (QED) is 0.369. The molecule has 4 aromatic rings. The number of nitrogens with zero attached hydrogens (tertiary/aromatic N) is 5. The first-order valence-electron chi connectivity index (χ1n) is 12.4. The molecule has 1 aliphatic heterocycles. The van der Waals surface area contributed by atoms with Crippen LogP contribution in [0, 0.1) is 0 Å². The molecular weight excluding hydrogens is 474 g/mol. The van der Waals surface area contributed by atoms with E-state index in [9.17, 15) is 0 Å². The van der Waals surface area contributed by atoms with Crippen LogP contribution in [0.15, 0.2) is 59.0 Å². The molecule has 10 nitrogen and oxygen atoms in total. The summed E-state index contributed by atoms with van der Waals surface area (Å²) >= 11 is 0. The summed E-state index contributed by atoms with van der Waals surface area (Å²) in [6.07, 6.45) is 3.21. The highest BCUT2D eigenvalue weighted by Gasteiger charge is 2.26. The maximum atomic E-state index is 9.10. The third kappa shape index (κ3) is 6.39. The minimum atomic E-state index is -1.82. The van der Waals surface area contributed by atoms with Crippen molar-refractivity contribution < 1.29 is 24.2 Å². The van der Waals surface area contributed by atoms with Gasteiger partial charge in [-0.05, 0) is 57.8 Å². The molecule has 0 bridgehead atoms. The van der Waals surface area contributed by atoms with Gasteiger partial charge in [0.1, 0.15) is 0 Å². The molecule has 0 spiro atoms. The third-order valence-corrected chi connectivity index (χ3v) is 6.43. The molecule has 0 amide bonds. The lowest BCUT2D eigenvalue weighted by atomic mass is 9.96. The minimum Gasteiger partial charge on any atom is -0.473 e. The van der Waals surface area contributed by atoms with E-state index in [1.807, 2.05) is 16.8 Å². The van der Waals surface area contributed by atoms with E-state index in [2.05, 4.69) is 71.4 Å². The lowest BCUT2D eigenvalue weighted by Gasteiger charge is -2.30. The van der Waals surface area contributed by atoms with E-state index in [4.69, 9.17) is 29.3 Å². The molecule has 1 fully saturated rings. The molecule has 0 aliphatic carbocycles. The Morgan fingerprint density at radius 3 is 2.27 bits per heavy atom. The highest BCUT2D eigenvalue weighted by Crippen LogP contribution is 2.32. The second-order valence-electron chi connectivity index (χ2n) is 9.31. The van der Waals surface area contributed by atoms with E-state index < -0.39 is 11.9 Å². The molecular formula is C27H31N5O5. The van der Waals surface area contributed by atoms with Gasteiger partial charge in [0.15, 0.2) is 5.69 Å². The van der Waals surface area contributed by atoms with Crippen LogP contribution in [0.3, 0.4) is 0 Å². The van der Waals surface area contributed by atoms with Crippen molar-refractivity contribution in [2.45, 2.75) is 45.1 Å². The molecule has 0 radical (unpaired) electrons. The molecule has 0 unspecified atom stereocenters. The normalized spacial score (nSPS) is 14.5. The van der Waals surface area contributed by atoms with Gasteiger partial charge in [-0.15, -0.1) is 10.2 Å². The molecule has 0 saturated carbocycles. The number of rotatable bonds is 6. The highest BCUT2D eigenvalue weighted by molar-refractivity contribution is 6.27. The van der Waals surface area contributed by atoms with E-state index in [-0.39, 0.29) is 6.04 Å². The number of hydrogen-bond acceptors (Lipinski definition) is 7. The van der Waals surface area contributed by atoms with Gasteiger partial charge in [-0.2, -0.15) is 5.10 Å². The number of para-hydroxylation sites is 1. The lowest BCUT2D eigenvalue weighted by molar-refractivity contribution is -0.159. The van der Waals surface area contributed by atoms with Gasteiger partial charge in [-0.3, -0.25) is 4.68 Å². The van der Waals surface area contributed by atoms with Gasteiger partial charge >= 0.3 is 11.9 Å². The van der Waals surface area contributed by atoms with Crippen LogP contribution in [0.2, 0.25) is 0 Å². The predicted molar refractivity (Wildman–Crippen MR) is 137 cm³/mol. The number of carboxylic acids is 2. The van der Waals surface area contributed by atoms with Crippen LogP contribution >= 0.6 is 0 Å². The van der Waals surface area contributed by atoms with Crippen LogP contribution in [0.25, 0.3) is 22.5 Å². The Balaban J connectivity index is 0.000000480. The molecule has 37 heavy (non-hydrogen) atoms. The Kier molecular flexibility index (Phi) is 8.29. The van der Waals surface area contributed by atoms with Gasteiger partial charge in [0.05, 0.1) is 5.52 Å². The standard InChI is InChI=1S/C25H29N5O.C2H2O4/c1-18(2)30-22-11-7-6-10-21(22)23(28-30)25-27-26-24(31-25)20-13-16-29(17-14-20)15-12-19-8-4-3-5-9-19;3-1(4)2(5)6/h3-11,18,20H,12-17H2,1-2H3;(H,3,4)(H,5,6). The number of carboxylic acid groups (broad SMARTS) is 2. The van der Waals surface area contributed by atoms with Crippen LogP contribution in [0.5, 0.6) is 0 Å². The van der Waals surface area contributed by atoms with Crippen molar-refractivity contribution in [1.82, 2.24) is 24.9 Å². The molecule has 194 valence electrons. The topological polar surface area (TPSA) is 135 Å². The number of fused-ring (bicyclic) bond motifs is 1. The number of benzene rings is 2. The molecule has 1 aliphatic rings. The summed E-state index contributed by atoms with van der Waals surface area (Å²) in [6.45, 7) is 7.51. The first kappa shape index (κ1) is 26.0. The first-order valence-corrected chi connectivity index (χ1v) is 12.4. The maximum Gasteiger partial charge on any atom is 0.414 e. The van der Waals surface area contributed by atoms with Crippen LogP contribution < -0.4 is 0 Å². The fraction of sp³-hybridized carbons (Fsp3) is 0.370. The zero-order valence-electron chi connectivity index (χ0n) is 20.9. The second-order valence-corrected chi connectivity index (χ2v) is 9.31. The Labute approximate surface area is 214 Å². The zero-order chi connectivity index (χ0) is 26.4. The summed E-state index contributed by atoms with van der Waals surface area (Å²) in [5.41, 5.74) is 3.28. The van der Waals surface area contributed by atoms with E-state index in [0.717, 1.165) is 61.4 Å². The number of carbonyl (C=O) groups is 2. The van der Waals surface area contributed by atoms with Crippen LogP contribution in [0.1, 0.15) is 50.1 Å². The van der Waals surface area contributed by atoms with E-state index in [1.165, 1.54) is 5.56 Å². The van der Waals surface area contributed by atoms with Crippen molar-refractivity contribution in [3.63, 3.8) is 0 Å². The Morgan fingerprint density at radius 1 is 0.973 bits per heavy atom. The molecule has 3 heterocycles. The maximum absolute atomic E-state index is 9.10. The van der Waals surface area contributed by atoms with Crippen molar-refractivity contribution in [3.8, 4) is 11.6 Å². The second kappa shape index (κ2) is 11.8. The average molecular weight is 506 g/mol. The lowest BCUT2D eigenvalue weighted by Crippen LogP contribution is -2.34. The Bertz CT molecular complexity index is 1330. The van der Waals surface area contributed by atoms with Crippen molar-refractivity contribution in [2.75, 3.05) is 19.6 Å². The molecule has 5 rings (SSSR count). The molecule has 10 heteroatoms. The summed E-state index contributed by atoms with van der Waals surface area (Å²) in [4.78, 5) is 20.7. The summed E-state index contributed by atoms with van der Waals surface area (Å²) in [5, 5.41) is 29.4. The summed E-state index contributed by atoms with van der Waals surface area (Å²) in [5.74, 6) is -2.05. The predicted octanol–water partition coefficient (Wildman–Crippen LogP) is 4.24. The number of aromatic nitrogens is 4. The smallest absolute Gasteiger partial charge is 0.414 e. The van der Waals surface area contributed by atoms with Crippen LogP contribution in [-0.4, -0.2) is 66.7 Å². The fourth-order valence-electron chi connectivity index (χ4n) is 4.47. The number of piperidine rings is 1. The number of hydrogen-bond donors (Lipinski definition) is 2. The van der Waals surface area contributed by atoms with Gasteiger partial charge in [-0.1, -0.05) is 48.5 Å². The Hall–Kier alpha value is -4.05. The molecule has 1 saturated heterocycles. The van der Waals surface area contributed by atoms with Gasteiger partial charge in [0.2, 0.25) is 5.89 Å². The Morgan fingerprint density at radius 2 is 1.62 bits per heavy atom. The monoisotopic (exact) mass is 505 g/mol. The van der Waals surface area contributed by atoms with Crippen LogP contribution in [0.4, 0.5) is 0 Å². The van der Waals surface area contributed by atoms with Crippen molar-refractivity contribution in [3.05, 3.63) is 66.1 Å². The van der Waals surface area contributed by atoms with Crippen LogP contribution in [-0.2, 0) is 16.0 Å². The SMILES string of the molecule is CC(C)n1nc(-c2nnc(C3CCN(CCc4ccccc4)CC3)o2)c2ccccc21.O=C(O)C(=O)O. The molecule has 0 atom stereocenters. The highest BCUT2D eigenvalue weighted by atomic mass is 16.4. The van der Waals surface area contributed by atoms with Crippen molar-refractivity contribution >= 4 is 22.8 Å². The van der Waals surface area contributed by atoms with Gasteiger partial charge < -0.3 is 19.5 Å². The summed E-state index contributed by atoms with van der Waals surface area (Å²) in [7, 11) is 0. The van der Waals surface area contributed by atoms with Crippen molar-refractivity contribution in [2.24, 2.45) is 0 Å². The average Bonchev–Trinajstić information content (AvgIpc) is 3.54. The first-order chi connectivity index (χ1) is 17.8. The zero-order valence-corrected chi connectivity index (χ0v) is 20.9. The number of aliphatic carboxylic acids is 2. The minimum absolute atomic E-state index is 0.265. The molecule has 2 aromatic heterocycles. The molecule has 2 N–H and O–H groups in total. The van der Waals surface area contributed by atoms with Gasteiger partial charge in [0, 0.05) is 23.9 Å². The van der Waals surface area contributed by atoms with Gasteiger partial charge in [0.25, 0.3) is 5.89 Å². The molecule has 2 aromatic carbocycles. The number of likely N-dealkylation sites (tertiary alicyclic amines) is 1. The van der Waals surface area contributed by atoms with Crippen molar-refractivity contribution in [1.29, 1.82) is 0 Å². The summed E-state index contributed by atoms with van der Waals surface area (Å²) < 4.78 is 8.19. The van der Waals surface area contributed by atoms with E-state index >= 15 is 0 Å². The van der Waals surface area contributed by atoms with E-state index in [0.29, 0.717) is 11.8 Å². The summed E-state index contributed by atoms with van der Waals surface area (Å²) in [6, 6.07) is 19.2. The third-order valence-electron chi connectivity index (χ3n) is 6.43. The van der Waals surface area contributed by atoms with E-state index in [1.54, 1.807) is 0 Å².